The minimum Gasteiger partial charge on any atom is -0.462 e. The number of hydrogen-bond donors (Lipinski definition) is 0. The van der Waals surface area contributed by atoms with Crippen molar-refractivity contribution >= 4 is 17.9 Å². The van der Waals surface area contributed by atoms with E-state index in [9.17, 15) is 14.4 Å². The number of hydrogen-bond acceptors (Lipinski definition) is 6. The molecule has 0 aromatic heterocycles. The summed E-state index contributed by atoms with van der Waals surface area (Å²) in [5, 5.41) is 0. The molecule has 0 aromatic carbocycles. The van der Waals surface area contributed by atoms with Gasteiger partial charge in [0.25, 0.3) is 0 Å². The van der Waals surface area contributed by atoms with Gasteiger partial charge in [0.1, 0.15) is 13.2 Å². The van der Waals surface area contributed by atoms with Crippen molar-refractivity contribution in [3.63, 3.8) is 0 Å². The van der Waals surface area contributed by atoms with Crippen molar-refractivity contribution in [2.45, 2.75) is 426 Å². The third-order valence-electron chi connectivity index (χ3n) is 17.3. The van der Waals surface area contributed by atoms with E-state index in [1.165, 1.54) is 308 Å². The molecule has 0 saturated carbocycles. The van der Waals surface area contributed by atoms with E-state index >= 15 is 0 Å². The lowest BCUT2D eigenvalue weighted by Gasteiger charge is -2.18. The Hall–Kier alpha value is -1.59. The Morgan fingerprint density at radius 3 is 0.722 bits per heavy atom. The summed E-state index contributed by atoms with van der Waals surface area (Å²) >= 11 is 0. The van der Waals surface area contributed by atoms with Crippen LogP contribution in [0, 0.1) is 11.8 Å². The molecule has 0 fully saturated rings. The Bertz CT molecular complexity index is 1220. The summed E-state index contributed by atoms with van der Waals surface area (Å²) < 4.78 is 17.0. The molecule has 0 heterocycles. The molecule has 0 spiro atoms. The van der Waals surface area contributed by atoms with Crippen LogP contribution in [0.25, 0.3) is 0 Å². The number of carbonyl (C=O) groups excluding carboxylic acids is 3. The van der Waals surface area contributed by atoms with Crippen molar-refractivity contribution < 1.29 is 28.6 Å². The molecule has 6 heteroatoms. The second kappa shape index (κ2) is 65.6. The highest BCUT2D eigenvalue weighted by atomic mass is 16.6. The third-order valence-corrected chi connectivity index (χ3v) is 17.3. The number of carbonyl (C=O) groups is 3. The van der Waals surface area contributed by atoms with Gasteiger partial charge in [0.05, 0.1) is 0 Å². The lowest BCUT2D eigenvalue weighted by atomic mass is 9.99. The summed E-state index contributed by atoms with van der Waals surface area (Å²) in [4.78, 5) is 38.5. The van der Waals surface area contributed by atoms with Crippen LogP contribution in [0.15, 0.2) is 0 Å². The first-order chi connectivity index (χ1) is 38.8. The van der Waals surface area contributed by atoms with Gasteiger partial charge >= 0.3 is 17.9 Å². The van der Waals surface area contributed by atoms with Gasteiger partial charge in [-0.1, -0.05) is 381 Å². The predicted octanol–water partition coefficient (Wildman–Crippen LogP) is 24.7. The average molecular weight is 1120 g/mol. The molecule has 0 aliphatic rings. The van der Waals surface area contributed by atoms with Crippen molar-refractivity contribution in [3.05, 3.63) is 0 Å². The van der Waals surface area contributed by atoms with Gasteiger partial charge in [-0.2, -0.15) is 0 Å². The van der Waals surface area contributed by atoms with Gasteiger partial charge in [0.2, 0.25) is 0 Å². The van der Waals surface area contributed by atoms with Crippen molar-refractivity contribution in [3.8, 4) is 0 Å². The van der Waals surface area contributed by atoms with Gasteiger partial charge in [-0.25, -0.2) is 0 Å². The zero-order valence-corrected chi connectivity index (χ0v) is 54.5. The second-order valence-corrected chi connectivity index (χ2v) is 26.0. The normalized spacial score (nSPS) is 12.4. The molecule has 0 bridgehead atoms. The maximum Gasteiger partial charge on any atom is 0.306 e. The summed E-state index contributed by atoms with van der Waals surface area (Å²) in [6.07, 6.45) is 75.5. The van der Waals surface area contributed by atoms with Gasteiger partial charge in [0, 0.05) is 19.3 Å². The largest absolute Gasteiger partial charge is 0.462 e. The fraction of sp³-hybridized carbons (Fsp3) is 0.959. The summed E-state index contributed by atoms with van der Waals surface area (Å²) in [5.74, 6) is 0.947. The summed E-state index contributed by atoms with van der Waals surface area (Å²) in [6, 6.07) is 0. The number of unbranched alkanes of at least 4 members (excludes halogenated alkanes) is 51. The van der Waals surface area contributed by atoms with Crippen LogP contribution in [-0.2, 0) is 28.6 Å². The Balaban J connectivity index is 4.27. The van der Waals surface area contributed by atoms with Crippen LogP contribution in [-0.4, -0.2) is 37.2 Å². The smallest absolute Gasteiger partial charge is 0.306 e. The maximum absolute atomic E-state index is 13.0. The van der Waals surface area contributed by atoms with Crippen LogP contribution >= 0.6 is 0 Å². The molecule has 0 aliphatic heterocycles. The summed E-state index contributed by atoms with van der Waals surface area (Å²) in [5.41, 5.74) is 0. The second-order valence-electron chi connectivity index (χ2n) is 26.0. The van der Waals surface area contributed by atoms with Crippen molar-refractivity contribution in [1.29, 1.82) is 0 Å². The van der Waals surface area contributed by atoms with Crippen molar-refractivity contribution in [2.24, 2.45) is 11.8 Å². The Labute approximate surface area is 495 Å². The van der Waals surface area contributed by atoms with Gasteiger partial charge in [0.15, 0.2) is 6.10 Å². The standard InChI is InChI=1S/C73H142O6/c1-6-8-9-10-11-12-13-14-15-16-23-28-33-38-43-48-53-58-63-71(74)77-66-70(67-78-72(75)64-59-54-49-44-39-34-29-24-19-17-21-26-31-36-41-46-51-56-61-68(3)4)79-73(76)65-60-55-50-45-40-35-30-25-20-18-22-27-32-37-42-47-52-57-62-69(5)7-2/h68-70H,6-67H2,1-5H3/t69?,70-/m0/s1. The van der Waals surface area contributed by atoms with E-state index in [0.717, 1.165) is 69.6 Å². The molecule has 0 amide bonds. The van der Waals surface area contributed by atoms with Crippen molar-refractivity contribution in [2.75, 3.05) is 13.2 Å². The van der Waals surface area contributed by atoms with Gasteiger partial charge in [-0.15, -0.1) is 0 Å². The lowest BCUT2D eigenvalue weighted by molar-refractivity contribution is -0.167. The van der Waals surface area contributed by atoms with Gasteiger partial charge in [-0.05, 0) is 31.1 Å². The Kier molecular flexibility index (Phi) is 64.2. The molecule has 0 N–H and O–H groups in total. The van der Waals surface area contributed by atoms with E-state index in [0.29, 0.717) is 19.3 Å². The topological polar surface area (TPSA) is 78.9 Å². The Morgan fingerprint density at radius 2 is 0.481 bits per heavy atom. The highest BCUT2D eigenvalue weighted by Gasteiger charge is 2.20. The molecular formula is C73H142O6. The van der Waals surface area contributed by atoms with Gasteiger partial charge in [-0.3, -0.25) is 14.4 Å². The van der Waals surface area contributed by atoms with Crippen LogP contribution in [0.2, 0.25) is 0 Å². The molecule has 1 unspecified atom stereocenters. The van der Waals surface area contributed by atoms with Crippen LogP contribution in [0.5, 0.6) is 0 Å². The number of rotatable bonds is 67. The highest BCUT2D eigenvalue weighted by Crippen LogP contribution is 2.20. The third kappa shape index (κ3) is 65.4. The summed E-state index contributed by atoms with van der Waals surface area (Å²) in [7, 11) is 0. The first-order valence-electron chi connectivity index (χ1n) is 36.3. The minimum atomic E-state index is -0.765. The molecule has 2 atom stereocenters. The minimum absolute atomic E-state index is 0.0609. The lowest BCUT2D eigenvalue weighted by Crippen LogP contribution is -2.30. The number of esters is 3. The maximum atomic E-state index is 13.0. The molecule has 0 saturated heterocycles. The summed E-state index contributed by atoms with van der Waals surface area (Å²) in [6.45, 7) is 11.5. The average Bonchev–Trinajstić information content (AvgIpc) is 3.44. The molecule has 79 heavy (non-hydrogen) atoms. The molecule has 0 radical (unpaired) electrons. The number of ether oxygens (including phenoxy) is 3. The first kappa shape index (κ1) is 77.4. The fourth-order valence-corrected chi connectivity index (χ4v) is 11.5. The molecule has 0 rings (SSSR count). The monoisotopic (exact) mass is 1120 g/mol. The van der Waals surface area contributed by atoms with Crippen molar-refractivity contribution in [1.82, 2.24) is 0 Å². The Morgan fingerprint density at radius 1 is 0.266 bits per heavy atom. The van der Waals surface area contributed by atoms with E-state index in [1.54, 1.807) is 0 Å². The molecule has 0 aromatic rings. The van der Waals surface area contributed by atoms with Crippen LogP contribution in [0.3, 0.4) is 0 Å². The van der Waals surface area contributed by atoms with E-state index < -0.39 is 6.10 Å². The van der Waals surface area contributed by atoms with E-state index in [-0.39, 0.29) is 31.1 Å². The first-order valence-corrected chi connectivity index (χ1v) is 36.3. The molecule has 0 aliphatic carbocycles. The zero-order valence-electron chi connectivity index (χ0n) is 54.5. The van der Waals surface area contributed by atoms with Gasteiger partial charge < -0.3 is 14.2 Å². The van der Waals surface area contributed by atoms with Crippen LogP contribution in [0.1, 0.15) is 420 Å². The molecule has 470 valence electrons. The van der Waals surface area contributed by atoms with E-state index in [1.807, 2.05) is 0 Å². The van der Waals surface area contributed by atoms with Crippen LogP contribution < -0.4 is 0 Å². The SMILES string of the molecule is CCCCCCCCCCCCCCCCCCCCC(=O)OC[C@@H](COC(=O)CCCCCCCCCCCCCCCCCCCCC(C)C)OC(=O)CCCCCCCCCCCCCCCCCCCCC(C)CC. The zero-order chi connectivity index (χ0) is 57.4. The van der Waals surface area contributed by atoms with E-state index in [2.05, 4.69) is 34.6 Å². The van der Waals surface area contributed by atoms with E-state index in [4.69, 9.17) is 14.2 Å². The fourth-order valence-electron chi connectivity index (χ4n) is 11.5. The predicted molar refractivity (Wildman–Crippen MR) is 344 cm³/mol. The molecule has 6 nitrogen and oxygen atoms in total. The van der Waals surface area contributed by atoms with Crippen LogP contribution in [0.4, 0.5) is 0 Å². The quantitative estimate of drug-likeness (QED) is 0.0343. The highest BCUT2D eigenvalue weighted by molar-refractivity contribution is 5.71. The molecular weight excluding hydrogens is 973 g/mol.